The molecule has 0 radical (unpaired) electrons. The number of aliphatic hydroxyl groups is 1. The second kappa shape index (κ2) is 1.69. The van der Waals surface area contributed by atoms with Crippen molar-refractivity contribution in [3.05, 3.63) is 11.8 Å². The lowest BCUT2D eigenvalue weighted by Gasteiger charge is -1.92. The number of hydrogen-bond donors (Lipinski definition) is 1. The van der Waals surface area contributed by atoms with Gasteiger partial charge in [-0.3, -0.25) is 9.59 Å². The van der Waals surface area contributed by atoms with E-state index in [-0.39, 0.29) is 5.78 Å². The standard InChI is InChI=1S/C6H6O3/c1-3-4(7)2-5(8)6(3)9/h2-3,8H,1H3/t3-/m1/s1. The highest BCUT2D eigenvalue weighted by atomic mass is 16.3. The predicted molar refractivity (Wildman–Crippen MR) is 29.9 cm³/mol. The fourth-order valence-electron chi connectivity index (χ4n) is 0.682. The van der Waals surface area contributed by atoms with Gasteiger partial charge in [0.25, 0.3) is 0 Å². The topological polar surface area (TPSA) is 54.4 Å². The molecule has 0 aromatic heterocycles. The lowest BCUT2D eigenvalue weighted by Crippen LogP contribution is -2.11. The minimum Gasteiger partial charge on any atom is -0.504 e. The molecule has 0 unspecified atom stereocenters. The van der Waals surface area contributed by atoms with Crippen molar-refractivity contribution in [3.63, 3.8) is 0 Å². The molecule has 0 saturated heterocycles. The monoisotopic (exact) mass is 126 g/mol. The van der Waals surface area contributed by atoms with Gasteiger partial charge < -0.3 is 5.11 Å². The van der Waals surface area contributed by atoms with Gasteiger partial charge in [-0.25, -0.2) is 0 Å². The summed E-state index contributed by atoms with van der Waals surface area (Å²) < 4.78 is 0. The van der Waals surface area contributed by atoms with E-state index in [9.17, 15) is 9.59 Å². The number of allylic oxidation sites excluding steroid dienone is 2. The molecule has 0 amide bonds. The van der Waals surface area contributed by atoms with Crippen LogP contribution in [0.5, 0.6) is 0 Å². The molecule has 0 bridgehead atoms. The normalized spacial score (nSPS) is 26.8. The van der Waals surface area contributed by atoms with Crippen LogP contribution in [0.25, 0.3) is 0 Å². The Morgan fingerprint density at radius 2 is 2.11 bits per heavy atom. The van der Waals surface area contributed by atoms with Crippen LogP contribution >= 0.6 is 0 Å². The van der Waals surface area contributed by atoms with E-state index in [0.29, 0.717) is 0 Å². The van der Waals surface area contributed by atoms with Crippen LogP contribution in [0.3, 0.4) is 0 Å². The van der Waals surface area contributed by atoms with E-state index in [4.69, 9.17) is 5.11 Å². The molecule has 0 spiro atoms. The smallest absolute Gasteiger partial charge is 0.207 e. The van der Waals surface area contributed by atoms with Crippen LogP contribution in [0.2, 0.25) is 0 Å². The fraction of sp³-hybridized carbons (Fsp3) is 0.333. The molecule has 0 aromatic carbocycles. The summed E-state index contributed by atoms with van der Waals surface area (Å²) in [5.41, 5.74) is 0. The number of carbonyl (C=O) groups is 2. The number of rotatable bonds is 0. The number of aliphatic hydroxyl groups excluding tert-OH is 1. The Kier molecular flexibility index (Phi) is 1.12. The Morgan fingerprint density at radius 3 is 2.22 bits per heavy atom. The molecule has 0 fully saturated rings. The Bertz CT molecular complexity index is 202. The summed E-state index contributed by atoms with van der Waals surface area (Å²) in [6, 6.07) is 0. The Hall–Kier alpha value is -1.12. The van der Waals surface area contributed by atoms with Crippen LogP contribution in [0.4, 0.5) is 0 Å². The maximum atomic E-state index is 10.6. The summed E-state index contributed by atoms with van der Waals surface area (Å²) in [6.07, 6.45) is 0.965. The minimum atomic E-state index is -0.662. The quantitative estimate of drug-likeness (QED) is 0.472. The van der Waals surface area contributed by atoms with Gasteiger partial charge in [0.1, 0.15) is 0 Å². The van der Waals surface area contributed by atoms with E-state index in [0.717, 1.165) is 6.08 Å². The number of Topliss-reactive ketones (excluding diaryl/α,β-unsaturated/α-hetero) is 1. The molecule has 1 atom stereocenters. The lowest BCUT2D eigenvalue weighted by atomic mass is 10.1. The van der Waals surface area contributed by atoms with Crippen molar-refractivity contribution in [1.82, 2.24) is 0 Å². The highest BCUT2D eigenvalue weighted by Crippen LogP contribution is 2.13. The highest BCUT2D eigenvalue weighted by Gasteiger charge is 2.29. The van der Waals surface area contributed by atoms with E-state index in [2.05, 4.69) is 0 Å². The fourth-order valence-corrected chi connectivity index (χ4v) is 0.682. The second-order valence-electron chi connectivity index (χ2n) is 2.02. The SMILES string of the molecule is C[C@@H]1C(=O)C=C(O)C1=O. The zero-order chi connectivity index (χ0) is 7.02. The molecule has 1 rings (SSSR count). The molecule has 1 N–H and O–H groups in total. The van der Waals surface area contributed by atoms with Crippen molar-refractivity contribution in [2.24, 2.45) is 5.92 Å². The van der Waals surface area contributed by atoms with Crippen LogP contribution in [0.15, 0.2) is 11.8 Å². The highest BCUT2D eigenvalue weighted by molar-refractivity contribution is 6.20. The Morgan fingerprint density at radius 1 is 1.56 bits per heavy atom. The summed E-state index contributed by atoms with van der Waals surface area (Å²) in [5, 5.41) is 8.63. The molecule has 9 heavy (non-hydrogen) atoms. The molecule has 3 nitrogen and oxygen atoms in total. The first kappa shape index (κ1) is 6.01. The number of hydrogen-bond acceptors (Lipinski definition) is 3. The summed E-state index contributed by atoms with van der Waals surface area (Å²) in [4.78, 5) is 21.1. The zero-order valence-electron chi connectivity index (χ0n) is 4.92. The van der Waals surface area contributed by atoms with Crippen molar-refractivity contribution in [1.29, 1.82) is 0 Å². The molecular weight excluding hydrogens is 120 g/mol. The first-order chi connectivity index (χ1) is 4.13. The van der Waals surface area contributed by atoms with Gasteiger partial charge in [0.2, 0.25) is 5.78 Å². The average Bonchev–Trinajstić information content (AvgIpc) is 1.98. The van der Waals surface area contributed by atoms with Gasteiger partial charge in [0.05, 0.1) is 5.92 Å². The van der Waals surface area contributed by atoms with E-state index >= 15 is 0 Å². The molecule has 0 saturated carbocycles. The van der Waals surface area contributed by atoms with Crippen LogP contribution in [0, 0.1) is 5.92 Å². The lowest BCUT2D eigenvalue weighted by molar-refractivity contribution is -0.126. The largest absolute Gasteiger partial charge is 0.504 e. The van der Waals surface area contributed by atoms with Crippen LogP contribution in [0.1, 0.15) is 6.92 Å². The second-order valence-corrected chi connectivity index (χ2v) is 2.02. The van der Waals surface area contributed by atoms with Crippen molar-refractivity contribution >= 4 is 11.6 Å². The Labute approximate surface area is 52.0 Å². The molecule has 3 heteroatoms. The van der Waals surface area contributed by atoms with Gasteiger partial charge in [0.15, 0.2) is 11.5 Å². The van der Waals surface area contributed by atoms with Gasteiger partial charge in [-0.05, 0) is 6.92 Å². The van der Waals surface area contributed by atoms with E-state index in [1.807, 2.05) is 0 Å². The molecule has 1 aliphatic carbocycles. The third kappa shape index (κ3) is 0.740. The molecule has 1 aliphatic rings. The third-order valence-electron chi connectivity index (χ3n) is 1.35. The summed E-state index contributed by atoms with van der Waals surface area (Å²) in [5.74, 6) is -1.85. The van der Waals surface area contributed by atoms with Crippen LogP contribution in [-0.2, 0) is 9.59 Å². The van der Waals surface area contributed by atoms with E-state index in [1.165, 1.54) is 6.92 Å². The Balaban J connectivity index is 2.95. The molecule has 48 valence electrons. The molecule has 0 aromatic rings. The maximum absolute atomic E-state index is 10.6. The first-order valence-corrected chi connectivity index (χ1v) is 2.61. The molecular formula is C6H6O3. The van der Waals surface area contributed by atoms with Crippen LogP contribution < -0.4 is 0 Å². The van der Waals surface area contributed by atoms with E-state index < -0.39 is 17.5 Å². The first-order valence-electron chi connectivity index (χ1n) is 2.61. The van der Waals surface area contributed by atoms with Gasteiger partial charge >= 0.3 is 0 Å². The average molecular weight is 126 g/mol. The molecule has 0 aliphatic heterocycles. The summed E-state index contributed by atoms with van der Waals surface area (Å²) >= 11 is 0. The van der Waals surface area contributed by atoms with Crippen molar-refractivity contribution in [2.75, 3.05) is 0 Å². The number of ketones is 2. The van der Waals surface area contributed by atoms with Crippen molar-refractivity contribution in [3.8, 4) is 0 Å². The van der Waals surface area contributed by atoms with Crippen molar-refractivity contribution < 1.29 is 14.7 Å². The maximum Gasteiger partial charge on any atom is 0.207 e. The van der Waals surface area contributed by atoms with Gasteiger partial charge in [-0.15, -0.1) is 0 Å². The van der Waals surface area contributed by atoms with Crippen LogP contribution in [-0.4, -0.2) is 16.7 Å². The van der Waals surface area contributed by atoms with E-state index in [1.54, 1.807) is 0 Å². The zero-order valence-corrected chi connectivity index (χ0v) is 4.92. The van der Waals surface area contributed by atoms with Gasteiger partial charge in [-0.2, -0.15) is 0 Å². The summed E-state index contributed by atoms with van der Waals surface area (Å²) in [7, 11) is 0. The van der Waals surface area contributed by atoms with Crippen molar-refractivity contribution in [2.45, 2.75) is 6.92 Å². The molecule has 0 heterocycles. The van der Waals surface area contributed by atoms with Gasteiger partial charge in [-0.1, -0.05) is 0 Å². The summed E-state index contributed by atoms with van der Waals surface area (Å²) in [6.45, 7) is 1.48. The predicted octanol–water partition coefficient (Wildman–Crippen LogP) is 0.216. The minimum absolute atomic E-state index is 0.308. The third-order valence-corrected chi connectivity index (χ3v) is 1.35. The van der Waals surface area contributed by atoms with Gasteiger partial charge in [0, 0.05) is 6.08 Å². The number of carbonyl (C=O) groups excluding carboxylic acids is 2.